The molecule has 0 bridgehead atoms. The Labute approximate surface area is 133 Å². The Morgan fingerprint density at radius 2 is 1.52 bits per heavy atom. The van der Waals surface area contributed by atoms with E-state index in [1.807, 2.05) is 37.3 Å². The molecule has 0 spiro atoms. The Kier molecular flexibility index (Phi) is 5.12. The smallest absolute Gasteiger partial charge is 0.375 e. The molecule has 0 aliphatic heterocycles. The van der Waals surface area contributed by atoms with E-state index < -0.39 is 17.5 Å². The molecule has 0 saturated heterocycles. The second-order valence-corrected chi connectivity index (χ2v) is 5.95. The van der Waals surface area contributed by atoms with E-state index in [0.29, 0.717) is 12.0 Å². The van der Waals surface area contributed by atoms with Gasteiger partial charge in [0.15, 0.2) is 0 Å². The van der Waals surface area contributed by atoms with Crippen molar-refractivity contribution in [3.05, 3.63) is 71.3 Å². The molecule has 0 radical (unpaired) electrons. The van der Waals surface area contributed by atoms with Crippen LogP contribution >= 0.6 is 0 Å². The molecule has 2 atom stereocenters. The Bertz CT molecular complexity index is 621. The van der Waals surface area contributed by atoms with Crippen LogP contribution in [0.3, 0.4) is 0 Å². The van der Waals surface area contributed by atoms with Gasteiger partial charge in [-0.25, -0.2) is 0 Å². The predicted molar refractivity (Wildman–Crippen MR) is 83.6 cm³/mol. The average molecular weight is 323 g/mol. The molecule has 0 aliphatic rings. The van der Waals surface area contributed by atoms with Crippen molar-refractivity contribution in [3.8, 4) is 0 Å². The lowest BCUT2D eigenvalue weighted by Crippen LogP contribution is -2.48. The van der Waals surface area contributed by atoms with E-state index in [1.165, 1.54) is 12.1 Å². The fraction of sp³-hybridized carbons (Fsp3) is 0.333. The monoisotopic (exact) mass is 323 g/mol. The van der Waals surface area contributed by atoms with Gasteiger partial charge in [-0.15, -0.1) is 0 Å². The third-order valence-electron chi connectivity index (χ3n) is 4.01. The van der Waals surface area contributed by atoms with E-state index in [4.69, 9.17) is 5.73 Å². The van der Waals surface area contributed by atoms with Crippen LogP contribution in [0, 0.1) is 5.92 Å². The molecule has 0 amide bonds. The van der Waals surface area contributed by atoms with Crippen LogP contribution in [-0.4, -0.2) is 10.8 Å². The van der Waals surface area contributed by atoms with Gasteiger partial charge >= 0.3 is 6.18 Å². The summed E-state index contributed by atoms with van der Waals surface area (Å²) in [5, 5.41) is 10.5. The van der Waals surface area contributed by atoms with Gasteiger partial charge in [0.1, 0.15) is 5.72 Å². The maximum absolute atomic E-state index is 12.6. The van der Waals surface area contributed by atoms with E-state index in [2.05, 4.69) is 0 Å². The second-order valence-electron chi connectivity index (χ2n) is 5.95. The normalized spacial score (nSPS) is 15.9. The summed E-state index contributed by atoms with van der Waals surface area (Å²) in [6.07, 6.45) is -3.67. The van der Waals surface area contributed by atoms with Gasteiger partial charge in [0, 0.05) is 12.3 Å². The van der Waals surface area contributed by atoms with Gasteiger partial charge in [0.05, 0.1) is 5.56 Å². The van der Waals surface area contributed by atoms with E-state index in [0.717, 1.165) is 17.7 Å². The number of hydrogen-bond acceptors (Lipinski definition) is 2. The molecule has 2 rings (SSSR count). The summed E-state index contributed by atoms with van der Waals surface area (Å²) >= 11 is 0. The Balaban J connectivity index is 2.05. The summed E-state index contributed by atoms with van der Waals surface area (Å²) in [5.74, 6) is -0.243. The lowest BCUT2D eigenvalue weighted by atomic mass is 9.87. The van der Waals surface area contributed by atoms with Gasteiger partial charge in [0.25, 0.3) is 0 Å². The minimum Gasteiger partial charge on any atom is -0.375 e. The van der Waals surface area contributed by atoms with Crippen LogP contribution in [0.25, 0.3) is 0 Å². The molecule has 2 nitrogen and oxygen atoms in total. The van der Waals surface area contributed by atoms with Crippen LogP contribution in [-0.2, 0) is 19.0 Å². The van der Waals surface area contributed by atoms with Gasteiger partial charge in [-0.2, -0.15) is 13.2 Å². The second kappa shape index (κ2) is 6.72. The number of halogens is 3. The minimum absolute atomic E-state index is 0.0964. The lowest BCUT2D eigenvalue weighted by Gasteiger charge is -2.30. The molecule has 0 saturated carbocycles. The number of hydrogen-bond donors (Lipinski definition) is 2. The van der Waals surface area contributed by atoms with Crippen molar-refractivity contribution >= 4 is 0 Å². The van der Waals surface area contributed by atoms with E-state index in [1.54, 1.807) is 0 Å². The number of rotatable bonds is 5. The van der Waals surface area contributed by atoms with Crippen molar-refractivity contribution in [3.63, 3.8) is 0 Å². The summed E-state index contributed by atoms with van der Waals surface area (Å²) in [4.78, 5) is 0. The molecule has 23 heavy (non-hydrogen) atoms. The van der Waals surface area contributed by atoms with Crippen molar-refractivity contribution < 1.29 is 18.3 Å². The fourth-order valence-corrected chi connectivity index (χ4v) is 2.46. The number of alkyl halides is 3. The highest BCUT2D eigenvalue weighted by atomic mass is 19.4. The zero-order valence-electron chi connectivity index (χ0n) is 12.8. The molecule has 0 aromatic heterocycles. The highest BCUT2D eigenvalue weighted by molar-refractivity contribution is 5.26. The van der Waals surface area contributed by atoms with E-state index in [9.17, 15) is 18.3 Å². The van der Waals surface area contributed by atoms with Crippen LogP contribution in [0.2, 0.25) is 0 Å². The highest BCUT2D eigenvalue weighted by Crippen LogP contribution is 2.30. The first-order valence-electron chi connectivity index (χ1n) is 7.40. The van der Waals surface area contributed by atoms with Crippen LogP contribution in [0.4, 0.5) is 13.2 Å². The third kappa shape index (κ3) is 4.81. The summed E-state index contributed by atoms with van der Waals surface area (Å²) in [7, 11) is 0. The largest absolute Gasteiger partial charge is 0.416 e. The van der Waals surface area contributed by atoms with Gasteiger partial charge in [-0.3, -0.25) is 0 Å². The number of benzene rings is 2. The molecular formula is C18H20F3NO. The average Bonchev–Trinajstić information content (AvgIpc) is 2.47. The number of nitrogens with two attached hydrogens (primary N) is 1. The standard InChI is InChI=1S/C18H20F3NO/c1-13(11-14-5-3-2-4-6-14)17(22,23)12-15-7-9-16(10-8-15)18(19,20)21/h2-10,13,23H,11-12,22H2,1H3/t13?,17-/m1/s1. The molecule has 0 heterocycles. The van der Waals surface area contributed by atoms with Crippen molar-refractivity contribution in [1.82, 2.24) is 0 Å². The van der Waals surface area contributed by atoms with Gasteiger partial charge < -0.3 is 10.8 Å². The predicted octanol–water partition coefficient (Wildman–Crippen LogP) is 3.77. The third-order valence-corrected chi connectivity index (χ3v) is 4.01. The lowest BCUT2D eigenvalue weighted by molar-refractivity contribution is -0.137. The topological polar surface area (TPSA) is 46.2 Å². The quantitative estimate of drug-likeness (QED) is 0.823. The van der Waals surface area contributed by atoms with Crippen LogP contribution in [0.15, 0.2) is 54.6 Å². The molecule has 2 aromatic rings. The molecule has 1 unspecified atom stereocenters. The van der Waals surface area contributed by atoms with Crippen LogP contribution in [0.1, 0.15) is 23.6 Å². The van der Waals surface area contributed by atoms with Crippen LogP contribution < -0.4 is 5.73 Å². The minimum atomic E-state index is -4.36. The van der Waals surface area contributed by atoms with Gasteiger partial charge in [0.2, 0.25) is 0 Å². The van der Waals surface area contributed by atoms with Crippen molar-refractivity contribution in [1.29, 1.82) is 0 Å². The zero-order chi connectivity index (χ0) is 17.1. The van der Waals surface area contributed by atoms with Crippen molar-refractivity contribution in [2.75, 3.05) is 0 Å². The Hall–Kier alpha value is -1.85. The SMILES string of the molecule is CC(Cc1ccccc1)[C@](N)(O)Cc1ccc(C(F)(F)F)cc1. The molecule has 0 fully saturated rings. The summed E-state index contributed by atoms with van der Waals surface area (Å²) in [6, 6.07) is 14.4. The molecule has 2 aromatic carbocycles. The first-order valence-corrected chi connectivity index (χ1v) is 7.40. The maximum atomic E-state index is 12.6. The molecule has 5 heteroatoms. The summed E-state index contributed by atoms with van der Waals surface area (Å²) < 4.78 is 37.7. The molecule has 124 valence electrons. The van der Waals surface area contributed by atoms with Gasteiger partial charge in [-0.05, 0) is 29.7 Å². The zero-order valence-corrected chi connectivity index (χ0v) is 12.8. The van der Waals surface area contributed by atoms with E-state index >= 15 is 0 Å². The van der Waals surface area contributed by atoms with Crippen molar-refractivity contribution in [2.24, 2.45) is 11.7 Å². The molecule has 0 aliphatic carbocycles. The van der Waals surface area contributed by atoms with Crippen LogP contribution in [0.5, 0.6) is 0 Å². The summed E-state index contributed by atoms with van der Waals surface area (Å²) in [5.41, 5.74) is 5.42. The number of aliphatic hydroxyl groups is 1. The Morgan fingerprint density at radius 3 is 2.04 bits per heavy atom. The summed E-state index contributed by atoms with van der Waals surface area (Å²) in [6.45, 7) is 1.83. The maximum Gasteiger partial charge on any atom is 0.416 e. The van der Waals surface area contributed by atoms with E-state index in [-0.39, 0.29) is 12.3 Å². The van der Waals surface area contributed by atoms with Gasteiger partial charge in [-0.1, -0.05) is 49.4 Å². The first-order chi connectivity index (χ1) is 10.7. The Morgan fingerprint density at radius 1 is 0.957 bits per heavy atom. The highest BCUT2D eigenvalue weighted by Gasteiger charge is 2.32. The first kappa shape index (κ1) is 17.5. The van der Waals surface area contributed by atoms with Crippen molar-refractivity contribution in [2.45, 2.75) is 31.7 Å². The fourth-order valence-electron chi connectivity index (χ4n) is 2.46. The molecular weight excluding hydrogens is 303 g/mol. The molecule has 3 N–H and O–H groups in total.